The number of nitrogens with zero attached hydrogens (tertiary/aromatic N) is 4. The first kappa shape index (κ1) is 10.1. The Balaban J connectivity index is 2.36. The second-order valence-corrected chi connectivity index (χ2v) is 3.90. The average Bonchev–Trinajstić information content (AvgIpc) is 2.79. The van der Waals surface area contributed by atoms with E-state index in [9.17, 15) is 0 Å². The van der Waals surface area contributed by atoms with E-state index in [2.05, 4.69) is 20.7 Å². The van der Waals surface area contributed by atoms with Crippen molar-refractivity contribution in [1.82, 2.24) is 0 Å². The Bertz CT molecular complexity index is 389. The maximum atomic E-state index is 5.08. The Morgan fingerprint density at radius 1 is 1.13 bits per heavy atom. The van der Waals surface area contributed by atoms with Gasteiger partial charge in [-0.2, -0.15) is 0 Å². The highest BCUT2D eigenvalue weighted by molar-refractivity contribution is 7.99. The Labute approximate surface area is 91.6 Å². The number of hydrogen-bond acceptors (Lipinski definition) is 6. The van der Waals surface area contributed by atoms with Gasteiger partial charge in [0.05, 0.1) is 7.11 Å². The van der Waals surface area contributed by atoms with Crippen LogP contribution in [0.25, 0.3) is 0 Å². The SMILES string of the molecule is COc1ccc(C2(SC)N=NN=N2)cc1. The quantitative estimate of drug-likeness (QED) is 0.789. The van der Waals surface area contributed by atoms with Crippen LogP contribution in [0, 0.1) is 0 Å². The number of hydrogen-bond donors (Lipinski definition) is 0. The normalized spacial score (nSPS) is 16.9. The van der Waals surface area contributed by atoms with Crippen molar-refractivity contribution in [1.29, 1.82) is 0 Å². The van der Waals surface area contributed by atoms with Gasteiger partial charge in [-0.25, -0.2) is 0 Å². The molecule has 0 amide bonds. The molecule has 1 aromatic rings. The van der Waals surface area contributed by atoms with Crippen LogP contribution in [0.4, 0.5) is 0 Å². The van der Waals surface area contributed by atoms with Gasteiger partial charge in [-0.1, -0.05) is 0 Å². The molecule has 2 rings (SSSR count). The molecule has 0 saturated heterocycles. The van der Waals surface area contributed by atoms with Gasteiger partial charge in [-0.3, -0.25) is 0 Å². The molecule has 0 fully saturated rings. The lowest BCUT2D eigenvalue weighted by molar-refractivity contribution is 0.414. The van der Waals surface area contributed by atoms with Crippen LogP contribution in [0.2, 0.25) is 0 Å². The van der Waals surface area contributed by atoms with E-state index >= 15 is 0 Å². The van der Waals surface area contributed by atoms with E-state index in [1.807, 2.05) is 30.5 Å². The predicted molar refractivity (Wildman–Crippen MR) is 57.9 cm³/mol. The van der Waals surface area contributed by atoms with Gasteiger partial charge in [0.25, 0.3) is 4.99 Å². The summed E-state index contributed by atoms with van der Waals surface area (Å²) in [4.78, 5) is -0.702. The van der Waals surface area contributed by atoms with Crippen molar-refractivity contribution in [3.63, 3.8) is 0 Å². The van der Waals surface area contributed by atoms with Gasteiger partial charge < -0.3 is 4.74 Å². The van der Waals surface area contributed by atoms with Crippen molar-refractivity contribution in [2.75, 3.05) is 13.4 Å². The number of ether oxygens (including phenoxy) is 1. The topological polar surface area (TPSA) is 58.7 Å². The highest BCUT2D eigenvalue weighted by Crippen LogP contribution is 2.41. The smallest absolute Gasteiger partial charge is 0.265 e. The van der Waals surface area contributed by atoms with Crippen LogP contribution in [-0.4, -0.2) is 13.4 Å². The van der Waals surface area contributed by atoms with Crippen LogP contribution in [0.5, 0.6) is 5.75 Å². The van der Waals surface area contributed by atoms with E-state index in [0.717, 1.165) is 11.3 Å². The monoisotopic (exact) mass is 222 g/mol. The third-order valence-corrected chi connectivity index (χ3v) is 3.12. The molecule has 0 radical (unpaired) electrons. The molecule has 0 saturated carbocycles. The minimum Gasteiger partial charge on any atom is -0.497 e. The van der Waals surface area contributed by atoms with Crippen molar-refractivity contribution in [3.8, 4) is 5.75 Å². The predicted octanol–water partition coefficient (Wildman–Crippen LogP) is 3.00. The Kier molecular flexibility index (Phi) is 2.68. The van der Waals surface area contributed by atoms with E-state index in [1.165, 1.54) is 11.8 Å². The number of methoxy groups -OCH3 is 1. The first-order chi connectivity index (χ1) is 7.30. The minimum atomic E-state index is -0.702. The molecular weight excluding hydrogens is 212 g/mol. The van der Waals surface area contributed by atoms with Crippen LogP contribution in [-0.2, 0) is 4.99 Å². The summed E-state index contributed by atoms with van der Waals surface area (Å²) in [7, 11) is 1.63. The minimum absolute atomic E-state index is 0.702. The zero-order valence-corrected chi connectivity index (χ0v) is 9.23. The third kappa shape index (κ3) is 1.72. The van der Waals surface area contributed by atoms with E-state index < -0.39 is 4.99 Å². The van der Waals surface area contributed by atoms with Gasteiger partial charge in [-0.15, -0.1) is 22.0 Å². The van der Waals surface area contributed by atoms with E-state index in [4.69, 9.17) is 4.74 Å². The molecule has 0 unspecified atom stereocenters. The lowest BCUT2D eigenvalue weighted by atomic mass is 10.2. The maximum absolute atomic E-state index is 5.08. The van der Waals surface area contributed by atoms with Crippen LogP contribution in [0.1, 0.15) is 5.56 Å². The molecule has 0 bridgehead atoms. The molecule has 1 heterocycles. The first-order valence-corrected chi connectivity index (χ1v) is 5.57. The highest BCUT2D eigenvalue weighted by atomic mass is 32.2. The molecule has 1 aliphatic heterocycles. The standard InChI is InChI=1S/C9H10N4OS/c1-14-8-5-3-7(4-6-8)9(15-2)10-12-13-11-9/h3-6H,1-2H3. The van der Waals surface area contributed by atoms with Gasteiger partial charge in [-0.05, 0) is 41.0 Å². The molecule has 78 valence electrons. The summed E-state index contributed by atoms with van der Waals surface area (Å²) >= 11 is 1.48. The maximum Gasteiger partial charge on any atom is 0.265 e. The molecule has 1 aromatic carbocycles. The zero-order valence-electron chi connectivity index (χ0n) is 8.41. The van der Waals surface area contributed by atoms with Crippen molar-refractivity contribution in [2.24, 2.45) is 20.7 Å². The van der Waals surface area contributed by atoms with Gasteiger partial charge in [0, 0.05) is 5.56 Å². The molecule has 0 aromatic heterocycles. The number of thioether (sulfide) groups is 1. The fourth-order valence-corrected chi connectivity index (χ4v) is 1.91. The molecule has 1 aliphatic rings. The lowest BCUT2D eigenvalue weighted by Crippen LogP contribution is -2.12. The fourth-order valence-electron chi connectivity index (χ4n) is 1.30. The number of rotatable bonds is 3. The van der Waals surface area contributed by atoms with Gasteiger partial charge in [0.2, 0.25) is 0 Å². The molecule has 15 heavy (non-hydrogen) atoms. The Morgan fingerprint density at radius 3 is 2.20 bits per heavy atom. The van der Waals surface area contributed by atoms with E-state index in [-0.39, 0.29) is 0 Å². The first-order valence-electron chi connectivity index (χ1n) is 4.34. The second-order valence-electron chi connectivity index (χ2n) is 2.92. The fraction of sp³-hybridized carbons (Fsp3) is 0.333. The average molecular weight is 222 g/mol. The van der Waals surface area contributed by atoms with Crippen LogP contribution >= 0.6 is 11.8 Å². The molecule has 0 atom stereocenters. The third-order valence-electron chi connectivity index (χ3n) is 2.15. The van der Waals surface area contributed by atoms with Crippen LogP contribution < -0.4 is 4.74 Å². The van der Waals surface area contributed by atoms with Gasteiger partial charge in [0.15, 0.2) is 0 Å². The van der Waals surface area contributed by atoms with E-state index in [0.29, 0.717) is 0 Å². The van der Waals surface area contributed by atoms with Crippen molar-refractivity contribution in [2.45, 2.75) is 4.99 Å². The van der Waals surface area contributed by atoms with Crippen LogP contribution in [0.15, 0.2) is 44.9 Å². The molecule has 0 N–H and O–H groups in total. The molecule has 6 heteroatoms. The Hall–Kier alpha value is -1.43. The van der Waals surface area contributed by atoms with Crippen LogP contribution in [0.3, 0.4) is 0 Å². The molecule has 5 nitrogen and oxygen atoms in total. The Morgan fingerprint density at radius 2 is 1.73 bits per heavy atom. The van der Waals surface area contributed by atoms with Gasteiger partial charge in [0.1, 0.15) is 5.75 Å². The van der Waals surface area contributed by atoms with E-state index in [1.54, 1.807) is 7.11 Å². The summed E-state index contributed by atoms with van der Waals surface area (Å²) in [5.41, 5.74) is 0.945. The zero-order chi connectivity index (χ0) is 10.7. The van der Waals surface area contributed by atoms with Gasteiger partial charge >= 0.3 is 0 Å². The number of benzene rings is 1. The second kappa shape index (κ2) is 3.98. The summed E-state index contributed by atoms with van der Waals surface area (Å²) in [6.07, 6.45) is 1.92. The van der Waals surface area contributed by atoms with Crippen molar-refractivity contribution >= 4 is 11.8 Å². The molecule has 0 spiro atoms. The molecule has 0 aliphatic carbocycles. The highest BCUT2D eigenvalue weighted by Gasteiger charge is 2.34. The summed E-state index contributed by atoms with van der Waals surface area (Å²) in [6.45, 7) is 0. The summed E-state index contributed by atoms with van der Waals surface area (Å²) in [6, 6.07) is 7.57. The summed E-state index contributed by atoms with van der Waals surface area (Å²) in [5, 5.41) is 15.2. The summed E-state index contributed by atoms with van der Waals surface area (Å²) < 4.78 is 5.08. The van der Waals surface area contributed by atoms with Crippen molar-refractivity contribution < 1.29 is 4.74 Å². The lowest BCUT2D eigenvalue weighted by Gasteiger charge is -2.17. The van der Waals surface area contributed by atoms with Crippen molar-refractivity contribution in [3.05, 3.63) is 29.8 Å². The molecular formula is C9H10N4OS. The largest absolute Gasteiger partial charge is 0.497 e. The summed E-state index contributed by atoms with van der Waals surface area (Å²) in [5.74, 6) is 0.807.